The van der Waals surface area contributed by atoms with Crippen molar-refractivity contribution in [3.8, 4) is 0 Å². The number of cyclic esters (lactones) is 1. The fourth-order valence-corrected chi connectivity index (χ4v) is 0.440. The van der Waals surface area contributed by atoms with Crippen molar-refractivity contribution in [2.75, 3.05) is 13.2 Å². The van der Waals surface area contributed by atoms with Crippen molar-refractivity contribution in [2.45, 2.75) is 6.42 Å². The van der Waals surface area contributed by atoms with E-state index in [-0.39, 0.29) is 0 Å². The van der Waals surface area contributed by atoms with E-state index in [1.165, 1.54) is 0 Å². The Morgan fingerprint density at radius 1 is 1.71 bits per heavy atom. The summed E-state index contributed by atoms with van der Waals surface area (Å²) in [7, 11) is 0. The second kappa shape index (κ2) is 1.82. The third-order valence-electron chi connectivity index (χ3n) is 0.769. The number of hydrogen-bond acceptors (Lipinski definition) is 2. The third kappa shape index (κ3) is 1.07. The number of nitrogens with zero attached hydrogens (tertiary/aromatic N) is 1. The molecular formula is C4H6NO2. The van der Waals surface area contributed by atoms with Crippen LogP contribution < -0.4 is 5.32 Å². The molecule has 1 aliphatic rings. The number of carbonyl (C=O) groups excluding carboxylic acids is 1. The van der Waals surface area contributed by atoms with Gasteiger partial charge in [0, 0.05) is 13.0 Å². The Labute approximate surface area is 41.7 Å². The Balaban J connectivity index is 2.25. The largest absolute Gasteiger partial charge is 0.448 e. The van der Waals surface area contributed by atoms with Crippen molar-refractivity contribution >= 4 is 6.09 Å². The normalized spacial score (nSPS) is 20.3. The zero-order valence-electron chi connectivity index (χ0n) is 3.89. The van der Waals surface area contributed by atoms with Crippen molar-refractivity contribution in [1.82, 2.24) is 5.32 Å². The minimum atomic E-state index is -0.411. The molecule has 3 nitrogen and oxygen atoms in total. The minimum absolute atomic E-state index is 0.411. The molecule has 7 heavy (non-hydrogen) atoms. The molecule has 0 bridgehead atoms. The first-order valence-electron chi connectivity index (χ1n) is 2.24. The van der Waals surface area contributed by atoms with E-state index in [9.17, 15) is 4.79 Å². The molecule has 0 aliphatic carbocycles. The number of hydrogen-bond donors (Lipinski definition) is 0. The van der Waals surface area contributed by atoms with Gasteiger partial charge in [0.2, 0.25) is 0 Å². The summed E-state index contributed by atoms with van der Waals surface area (Å²) in [5.74, 6) is 0. The first-order chi connectivity index (χ1) is 3.39. The molecule has 1 aliphatic heterocycles. The molecule has 0 saturated carbocycles. The second-order valence-corrected chi connectivity index (χ2v) is 1.35. The quantitative estimate of drug-likeness (QED) is 0.434. The van der Waals surface area contributed by atoms with Crippen LogP contribution in [0.25, 0.3) is 0 Å². The van der Waals surface area contributed by atoms with E-state index in [4.69, 9.17) is 0 Å². The zero-order chi connectivity index (χ0) is 5.11. The number of ether oxygens (including phenoxy) is 1. The number of amides is 1. The molecule has 0 aromatic heterocycles. The summed E-state index contributed by atoms with van der Waals surface area (Å²) >= 11 is 0. The smallest absolute Gasteiger partial charge is 0.428 e. The van der Waals surface area contributed by atoms with Crippen molar-refractivity contribution < 1.29 is 9.53 Å². The van der Waals surface area contributed by atoms with Gasteiger partial charge in [-0.2, -0.15) is 0 Å². The SMILES string of the molecule is O=C1[N]CCCO1. The molecule has 0 N–H and O–H groups in total. The van der Waals surface area contributed by atoms with Gasteiger partial charge < -0.3 is 4.74 Å². The van der Waals surface area contributed by atoms with Gasteiger partial charge >= 0.3 is 6.09 Å². The van der Waals surface area contributed by atoms with Gasteiger partial charge in [-0.05, 0) is 0 Å². The summed E-state index contributed by atoms with van der Waals surface area (Å²) in [5.41, 5.74) is 0. The molecule has 1 amide bonds. The van der Waals surface area contributed by atoms with Crippen LogP contribution >= 0.6 is 0 Å². The molecule has 0 aromatic rings. The fraction of sp³-hybridized carbons (Fsp3) is 0.750. The fourth-order valence-electron chi connectivity index (χ4n) is 0.440. The van der Waals surface area contributed by atoms with Crippen LogP contribution in [0.5, 0.6) is 0 Å². The van der Waals surface area contributed by atoms with Crippen molar-refractivity contribution in [3.05, 3.63) is 0 Å². The molecule has 0 spiro atoms. The van der Waals surface area contributed by atoms with Crippen LogP contribution in [0.4, 0.5) is 4.79 Å². The van der Waals surface area contributed by atoms with Crippen LogP contribution in [0.1, 0.15) is 6.42 Å². The Bertz CT molecular complexity index is 73.8. The number of rotatable bonds is 0. The summed E-state index contributed by atoms with van der Waals surface area (Å²) in [6.07, 6.45) is 0.470. The highest BCUT2D eigenvalue weighted by Crippen LogP contribution is 1.90. The minimum Gasteiger partial charge on any atom is -0.448 e. The van der Waals surface area contributed by atoms with Crippen molar-refractivity contribution in [3.63, 3.8) is 0 Å². The van der Waals surface area contributed by atoms with Crippen LogP contribution in [0, 0.1) is 0 Å². The number of carbonyl (C=O) groups is 1. The van der Waals surface area contributed by atoms with E-state index in [1.807, 2.05) is 0 Å². The molecule has 0 aromatic carbocycles. The van der Waals surface area contributed by atoms with Crippen LogP contribution in [-0.2, 0) is 4.74 Å². The van der Waals surface area contributed by atoms with Gasteiger partial charge in [0.15, 0.2) is 0 Å². The maximum atomic E-state index is 10.1. The van der Waals surface area contributed by atoms with Crippen LogP contribution in [0.2, 0.25) is 0 Å². The lowest BCUT2D eigenvalue weighted by atomic mass is 10.4. The predicted octanol–water partition coefficient (Wildman–Crippen LogP) is 0.131. The maximum absolute atomic E-state index is 10.1. The second-order valence-electron chi connectivity index (χ2n) is 1.35. The van der Waals surface area contributed by atoms with E-state index in [2.05, 4.69) is 10.1 Å². The third-order valence-corrected chi connectivity index (χ3v) is 0.769. The summed E-state index contributed by atoms with van der Waals surface area (Å²) in [5, 5.41) is 3.47. The van der Waals surface area contributed by atoms with E-state index < -0.39 is 6.09 Å². The van der Waals surface area contributed by atoms with Gasteiger partial charge in [-0.1, -0.05) is 0 Å². The molecular weight excluding hydrogens is 94.0 g/mol. The molecule has 0 unspecified atom stereocenters. The predicted molar refractivity (Wildman–Crippen MR) is 23.0 cm³/mol. The lowest BCUT2D eigenvalue weighted by Gasteiger charge is -2.08. The van der Waals surface area contributed by atoms with E-state index in [1.54, 1.807) is 0 Å². The molecule has 1 rings (SSSR count). The van der Waals surface area contributed by atoms with Gasteiger partial charge in [-0.25, -0.2) is 10.1 Å². The topological polar surface area (TPSA) is 40.4 Å². The summed E-state index contributed by atoms with van der Waals surface area (Å²) < 4.78 is 4.47. The average molecular weight is 100 g/mol. The summed E-state index contributed by atoms with van der Waals surface area (Å²) in [6, 6.07) is 0. The highest BCUT2D eigenvalue weighted by Gasteiger charge is 2.07. The Hall–Kier alpha value is -0.730. The van der Waals surface area contributed by atoms with Gasteiger partial charge in [0.05, 0.1) is 6.61 Å². The van der Waals surface area contributed by atoms with Crippen LogP contribution in [0.3, 0.4) is 0 Å². The van der Waals surface area contributed by atoms with Gasteiger partial charge in [0.1, 0.15) is 0 Å². The monoisotopic (exact) mass is 100 g/mol. The molecule has 1 fully saturated rings. The first kappa shape index (κ1) is 4.43. The van der Waals surface area contributed by atoms with E-state index in [0.29, 0.717) is 13.2 Å². The summed E-state index contributed by atoms with van der Waals surface area (Å²) in [6.45, 7) is 1.18. The Morgan fingerprint density at radius 3 is 2.86 bits per heavy atom. The summed E-state index contributed by atoms with van der Waals surface area (Å²) in [4.78, 5) is 10.1. The molecule has 1 heterocycles. The highest BCUT2D eigenvalue weighted by molar-refractivity contribution is 5.67. The van der Waals surface area contributed by atoms with Crippen molar-refractivity contribution in [2.24, 2.45) is 0 Å². The van der Waals surface area contributed by atoms with Gasteiger partial charge in [-0.15, -0.1) is 0 Å². The molecule has 1 saturated heterocycles. The van der Waals surface area contributed by atoms with Crippen LogP contribution in [-0.4, -0.2) is 19.2 Å². The Kier molecular flexibility index (Phi) is 1.15. The van der Waals surface area contributed by atoms with E-state index in [0.717, 1.165) is 6.42 Å². The lowest BCUT2D eigenvalue weighted by Crippen LogP contribution is -2.25. The lowest BCUT2D eigenvalue weighted by molar-refractivity contribution is 0.128. The Morgan fingerprint density at radius 2 is 2.57 bits per heavy atom. The molecule has 39 valence electrons. The standard InChI is InChI=1S/C4H6NO2/c6-4-5-2-1-3-7-4/h1-3H2. The molecule has 0 atom stereocenters. The van der Waals surface area contributed by atoms with E-state index >= 15 is 0 Å². The first-order valence-corrected chi connectivity index (χ1v) is 2.24. The van der Waals surface area contributed by atoms with Gasteiger partial charge in [-0.3, -0.25) is 0 Å². The maximum Gasteiger partial charge on any atom is 0.428 e. The van der Waals surface area contributed by atoms with Gasteiger partial charge in [0.25, 0.3) is 0 Å². The average Bonchev–Trinajstić information content (AvgIpc) is 1.69. The molecule has 1 radical (unpaired) electrons. The molecule has 3 heteroatoms. The van der Waals surface area contributed by atoms with Crippen molar-refractivity contribution in [1.29, 1.82) is 0 Å². The van der Waals surface area contributed by atoms with Crippen LogP contribution in [0.15, 0.2) is 0 Å². The zero-order valence-corrected chi connectivity index (χ0v) is 3.89. The highest BCUT2D eigenvalue weighted by atomic mass is 16.5.